The van der Waals surface area contributed by atoms with E-state index in [1.165, 1.54) is 4.90 Å². The van der Waals surface area contributed by atoms with Crippen molar-refractivity contribution < 1.29 is 14.4 Å². The number of hydrogen-bond donors (Lipinski definition) is 3. The summed E-state index contributed by atoms with van der Waals surface area (Å²) in [5, 5.41) is 4.79. The molecule has 1 aromatic heterocycles. The van der Waals surface area contributed by atoms with Crippen LogP contribution in [0.1, 0.15) is 18.9 Å². The van der Waals surface area contributed by atoms with E-state index in [4.69, 9.17) is 21.7 Å². The molecule has 0 spiro atoms. The van der Waals surface area contributed by atoms with Crippen LogP contribution < -0.4 is 25.2 Å². The van der Waals surface area contributed by atoms with Crippen LogP contribution in [-0.2, 0) is 6.54 Å². The van der Waals surface area contributed by atoms with Crippen molar-refractivity contribution in [3.05, 3.63) is 34.1 Å². The van der Waals surface area contributed by atoms with E-state index in [1.807, 2.05) is 25.1 Å². The van der Waals surface area contributed by atoms with Crippen LogP contribution in [-0.4, -0.2) is 55.5 Å². The van der Waals surface area contributed by atoms with Gasteiger partial charge in [-0.15, -0.1) is 0 Å². The van der Waals surface area contributed by atoms with Gasteiger partial charge >= 0.3 is 0 Å². The Hall–Kier alpha value is -2.32. The topological polar surface area (TPSA) is 71.0 Å². The molecule has 1 aliphatic heterocycles. The zero-order valence-electron chi connectivity index (χ0n) is 16.1. The molecule has 1 aliphatic rings. The minimum atomic E-state index is -0.108. The molecule has 0 bridgehead atoms. The van der Waals surface area contributed by atoms with E-state index in [9.17, 15) is 4.79 Å². The van der Waals surface area contributed by atoms with Crippen molar-refractivity contribution in [2.45, 2.75) is 19.9 Å². The van der Waals surface area contributed by atoms with E-state index in [0.29, 0.717) is 28.7 Å². The summed E-state index contributed by atoms with van der Waals surface area (Å²) in [6.45, 7) is 5.29. The highest BCUT2D eigenvalue weighted by Crippen LogP contribution is 2.35. The lowest BCUT2D eigenvalue weighted by molar-refractivity contribution is -0.858. The number of ether oxygens (including phenoxy) is 2. The van der Waals surface area contributed by atoms with Gasteiger partial charge < -0.3 is 29.6 Å². The van der Waals surface area contributed by atoms with Crippen LogP contribution in [0.2, 0.25) is 0 Å². The molecule has 27 heavy (non-hydrogen) atoms. The van der Waals surface area contributed by atoms with Gasteiger partial charge in [-0.2, -0.15) is 0 Å². The molecule has 8 heteroatoms. The van der Waals surface area contributed by atoms with Crippen molar-refractivity contribution in [1.82, 2.24) is 15.2 Å². The van der Waals surface area contributed by atoms with E-state index < -0.39 is 0 Å². The van der Waals surface area contributed by atoms with Gasteiger partial charge in [-0.1, -0.05) is 0 Å². The molecule has 3 rings (SSSR count). The molecule has 7 nitrogen and oxygen atoms in total. The predicted molar refractivity (Wildman–Crippen MR) is 110 cm³/mol. The molecule has 0 unspecified atom stereocenters. The number of quaternary nitrogens is 1. The third-order valence-electron chi connectivity index (χ3n) is 4.50. The number of fused-ring (bicyclic) bond motifs is 2. The van der Waals surface area contributed by atoms with Crippen molar-refractivity contribution in [2.24, 2.45) is 0 Å². The highest BCUT2D eigenvalue weighted by molar-refractivity contribution is 7.80. The largest absolute Gasteiger partial charge is 0.454 e. The van der Waals surface area contributed by atoms with Gasteiger partial charge in [0.15, 0.2) is 16.6 Å². The van der Waals surface area contributed by atoms with Crippen molar-refractivity contribution in [3.63, 3.8) is 0 Å². The number of aromatic nitrogens is 1. The summed E-state index contributed by atoms with van der Waals surface area (Å²) in [6, 6.07) is 5.62. The van der Waals surface area contributed by atoms with Gasteiger partial charge in [-0.3, -0.25) is 4.79 Å². The lowest BCUT2D eigenvalue weighted by Crippen LogP contribution is -3.05. The average Bonchev–Trinajstić information content (AvgIpc) is 3.06. The van der Waals surface area contributed by atoms with Gasteiger partial charge in [-0.05, 0) is 31.3 Å². The Bertz CT molecular complexity index is 881. The van der Waals surface area contributed by atoms with Crippen LogP contribution in [0.3, 0.4) is 0 Å². The monoisotopic (exact) mass is 391 g/mol. The minimum absolute atomic E-state index is 0.108. The number of rotatable bonds is 7. The lowest BCUT2D eigenvalue weighted by atomic mass is 10.1. The van der Waals surface area contributed by atoms with Crippen molar-refractivity contribution >= 4 is 28.2 Å². The molecule has 0 saturated heterocycles. The first-order chi connectivity index (χ1) is 13.0. The average molecular weight is 392 g/mol. The highest BCUT2D eigenvalue weighted by atomic mass is 32.1. The third kappa shape index (κ3) is 4.70. The number of aromatic amines is 1. The summed E-state index contributed by atoms with van der Waals surface area (Å²) in [6.07, 6.45) is 0.998. The Balaban J connectivity index is 1.84. The Labute approximate surface area is 164 Å². The molecule has 0 amide bonds. The number of pyridine rings is 1. The molecule has 2 aromatic rings. The normalized spacial score (nSPS) is 12.6. The van der Waals surface area contributed by atoms with Crippen LogP contribution in [0, 0.1) is 0 Å². The van der Waals surface area contributed by atoms with Crippen LogP contribution >= 0.6 is 12.2 Å². The summed E-state index contributed by atoms with van der Waals surface area (Å²) in [5.41, 5.74) is 1.31. The summed E-state index contributed by atoms with van der Waals surface area (Å²) in [7, 11) is 4.26. The molecule has 0 saturated carbocycles. The Kier molecular flexibility index (Phi) is 6.18. The Morgan fingerprint density at radius 2 is 2.04 bits per heavy atom. The second-order valence-electron chi connectivity index (χ2n) is 6.98. The van der Waals surface area contributed by atoms with Gasteiger partial charge in [0.25, 0.3) is 5.56 Å². The van der Waals surface area contributed by atoms with Crippen LogP contribution in [0.5, 0.6) is 11.5 Å². The molecular weight excluding hydrogens is 364 g/mol. The number of hydrogen-bond acceptors (Lipinski definition) is 4. The number of thiocarbonyl (C=S) groups is 1. The molecule has 146 valence electrons. The number of benzene rings is 1. The standard InChI is InChI=1S/C19H26N4O3S/c1-4-20-19(27)23(7-5-6-22(2)3)11-14-8-13-9-16-17(26-12-25-16)10-15(13)21-18(14)24/h8-10H,4-7,11-12H2,1-3H3,(H,20,27)(H,21,24)/p+1. The quantitative estimate of drug-likeness (QED) is 0.597. The zero-order valence-corrected chi connectivity index (χ0v) is 16.9. The van der Waals surface area contributed by atoms with E-state index >= 15 is 0 Å². The van der Waals surface area contributed by atoms with Gasteiger partial charge in [0.1, 0.15) is 0 Å². The fourth-order valence-electron chi connectivity index (χ4n) is 3.10. The van der Waals surface area contributed by atoms with E-state index in [2.05, 4.69) is 29.3 Å². The van der Waals surface area contributed by atoms with Crippen LogP contribution in [0.4, 0.5) is 0 Å². The highest BCUT2D eigenvalue weighted by Gasteiger charge is 2.17. The summed E-state index contributed by atoms with van der Waals surface area (Å²) in [5.74, 6) is 1.36. The lowest BCUT2D eigenvalue weighted by Gasteiger charge is -2.25. The minimum Gasteiger partial charge on any atom is -0.454 e. The second kappa shape index (κ2) is 8.58. The third-order valence-corrected chi connectivity index (χ3v) is 4.90. The molecule has 2 heterocycles. The van der Waals surface area contributed by atoms with Crippen molar-refractivity contribution in [3.8, 4) is 11.5 Å². The number of H-pyrrole nitrogens is 1. The first-order valence-electron chi connectivity index (χ1n) is 9.25. The first kappa shape index (κ1) is 19.4. The summed E-state index contributed by atoms with van der Waals surface area (Å²) in [4.78, 5) is 19.0. The Morgan fingerprint density at radius 3 is 2.74 bits per heavy atom. The van der Waals surface area contributed by atoms with Gasteiger partial charge in [0.05, 0.1) is 32.7 Å². The van der Waals surface area contributed by atoms with Gasteiger partial charge in [-0.25, -0.2) is 0 Å². The number of nitrogens with one attached hydrogen (secondary N) is 3. The molecule has 3 N–H and O–H groups in total. The summed E-state index contributed by atoms with van der Waals surface area (Å²) >= 11 is 5.52. The molecule has 1 aromatic carbocycles. The molecule has 0 aliphatic carbocycles. The SMILES string of the molecule is CCNC(=S)N(CCC[NH+](C)C)Cc1cc2cc3c(cc2[nH]c1=O)OCO3. The van der Waals surface area contributed by atoms with Gasteiger partial charge in [0, 0.05) is 36.5 Å². The number of nitrogens with zero attached hydrogens (tertiary/aromatic N) is 1. The molecular formula is C19H27N4O3S+. The molecule has 0 atom stereocenters. The Morgan fingerprint density at radius 1 is 1.30 bits per heavy atom. The maximum absolute atomic E-state index is 12.6. The maximum atomic E-state index is 12.6. The molecule has 0 fully saturated rings. The fraction of sp³-hybridized carbons (Fsp3) is 0.474. The van der Waals surface area contributed by atoms with E-state index in [0.717, 1.165) is 37.0 Å². The molecule has 0 radical (unpaired) electrons. The maximum Gasteiger partial charge on any atom is 0.253 e. The van der Waals surface area contributed by atoms with Gasteiger partial charge in [0.2, 0.25) is 6.79 Å². The van der Waals surface area contributed by atoms with E-state index in [1.54, 1.807) is 0 Å². The van der Waals surface area contributed by atoms with E-state index in [-0.39, 0.29) is 12.4 Å². The van der Waals surface area contributed by atoms with Crippen LogP contribution in [0.25, 0.3) is 10.9 Å². The predicted octanol–water partition coefficient (Wildman–Crippen LogP) is 0.488. The van der Waals surface area contributed by atoms with Crippen LogP contribution in [0.15, 0.2) is 23.0 Å². The summed E-state index contributed by atoms with van der Waals surface area (Å²) < 4.78 is 10.8. The second-order valence-corrected chi connectivity index (χ2v) is 7.37. The first-order valence-corrected chi connectivity index (χ1v) is 9.66. The zero-order chi connectivity index (χ0) is 19.4. The van der Waals surface area contributed by atoms with Crippen molar-refractivity contribution in [2.75, 3.05) is 40.5 Å². The smallest absolute Gasteiger partial charge is 0.253 e. The fourth-order valence-corrected chi connectivity index (χ4v) is 3.40. The van der Waals surface area contributed by atoms with Crippen molar-refractivity contribution in [1.29, 1.82) is 0 Å².